The number of allylic oxidation sites excluding steroid dienone is 2. The number of aliphatic imine (C=N–C) groups is 2. The van der Waals surface area contributed by atoms with Crippen molar-refractivity contribution in [2.24, 2.45) is 9.98 Å². The van der Waals surface area contributed by atoms with E-state index in [0.29, 0.717) is 36.8 Å². The van der Waals surface area contributed by atoms with E-state index in [1.807, 2.05) is 13.8 Å². The Morgan fingerprint density at radius 2 is 0.815 bits per heavy atom. The van der Waals surface area contributed by atoms with Crippen molar-refractivity contribution >= 4 is 34.7 Å². The third-order valence-electron chi connectivity index (χ3n) is 15.1. The summed E-state index contributed by atoms with van der Waals surface area (Å²) in [5.74, 6) is -4.76. The number of aryl methyl sites for hydroxylation is 6. The van der Waals surface area contributed by atoms with E-state index < -0.39 is 23.4 Å². The maximum Gasteiger partial charge on any atom is 2.00 e. The summed E-state index contributed by atoms with van der Waals surface area (Å²) in [5, 5.41) is 61.5. The van der Waals surface area contributed by atoms with E-state index >= 15 is 0 Å². The van der Waals surface area contributed by atoms with Gasteiger partial charge in [-0.15, -0.1) is 0 Å². The molecule has 0 heterocycles. The van der Waals surface area contributed by atoms with Crippen LogP contribution in [0.15, 0.2) is 70.7 Å². The summed E-state index contributed by atoms with van der Waals surface area (Å²) in [6.45, 7) is 21.4. The molecule has 0 aliphatic carbocycles. The average molecular weight is 1210 g/mol. The molecule has 0 atom stereocenters. The van der Waals surface area contributed by atoms with Crippen LogP contribution in [-0.2, 0) is 46.1 Å². The first-order chi connectivity index (χ1) is 38.5. The molecule has 4 aromatic rings. The van der Waals surface area contributed by atoms with Gasteiger partial charge in [-0.25, -0.2) is 4.99 Å². The normalized spacial score (nSPS) is 11.5. The summed E-state index contributed by atoms with van der Waals surface area (Å²) in [6.07, 6.45) is 37.8. The van der Waals surface area contributed by atoms with E-state index in [-0.39, 0.29) is 43.0 Å². The van der Waals surface area contributed by atoms with E-state index in [9.17, 15) is 40.2 Å². The number of nitrogens with zero attached hydrogens (tertiary/aromatic N) is 2. The van der Waals surface area contributed by atoms with Crippen molar-refractivity contribution in [1.82, 2.24) is 0 Å². The number of hydrogen-bond donors (Lipinski definition) is 4. The van der Waals surface area contributed by atoms with Crippen molar-refractivity contribution in [3.05, 3.63) is 116 Å². The molecule has 452 valence electrons. The molecule has 4 N–H and O–H groups in total. The molecule has 4 rings (SSSR count). The van der Waals surface area contributed by atoms with Crippen LogP contribution in [0.3, 0.4) is 0 Å². The minimum absolute atomic E-state index is 0. The predicted octanol–water partition coefficient (Wildman–Crippen LogP) is 17.7. The number of phenols is 4. The quantitative estimate of drug-likeness (QED) is 0.0150. The maximum atomic E-state index is 11.3. The van der Waals surface area contributed by atoms with Crippen LogP contribution in [0.1, 0.15) is 274 Å². The summed E-state index contributed by atoms with van der Waals surface area (Å²) in [4.78, 5) is 32.8. The van der Waals surface area contributed by atoms with E-state index in [4.69, 9.17) is 9.98 Å². The van der Waals surface area contributed by atoms with E-state index in [2.05, 4.69) is 104 Å². The van der Waals surface area contributed by atoms with Crippen LogP contribution < -0.4 is 10.2 Å². The van der Waals surface area contributed by atoms with Crippen LogP contribution in [-0.4, -0.2) is 43.8 Å². The standard InChI is InChI=1S/C38H58N2.2C16H24O4.Pd/c1-7-9-11-12-13-14-15-16-17-18-19-20-21-22-24-38(40-36-28-26-32(4)34(6)30-36)37(23-10-8-2)39-35-27-25-31(3)33(5)29-35;2*1-3-5-7-8-11-10-13(17)15(18)14(16(19)20)12(11)9-6-4-2;/h22,24-30H,7-21,23H2,1-6H3;2*10,17-18H,3-9H2,1-2H3,(H,19,20);/q;;;+2/p-2. The number of unbranched alkanes of at least 4 members (excludes halogenated alkanes) is 19. The topological polar surface area (TPSA) is 186 Å². The Labute approximate surface area is 503 Å². The van der Waals surface area contributed by atoms with Gasteiger partial charge in [-0.1, -0.05) is 175 Å². The molecular formula is C70H104N2O8Pd. The van der Waals surface area contributed by atoms with Crippen molar-refractivity contribution in [2.45, 2.75) is 262 Å². The Bertz CT molecular complexity index is 2460. The monoisotopic (exact) mass is 1210 g/mol. The molecule has 0 radical (unpaired) electrons. The van der Waals surface area contributed by atoms with Crippen LogP contribution >= 0.6 is 0 Å². The molecule has 4 aromatic carbocycles. The number of aromatic hydroxyl groups is 4. The number of aromatic carboxylic acids is 2. The van der Waals surface area contributed by atoms with Crippen molar-refractivity contribution in [2.75, 3.05) is 0 Å². The molecule has 0 saturated carbocycles. The average Bonchev–Trinajstić information content (AvgIpc) is 3.54. The Morgan fingerprint density at radius 3 is 1.20 bits per heavy atom. The van der Waals surface area contributed by atoms with E-state index in [1.165, 1.54) is 111 Å². The largest absolute Gasteiger partial charge is 2.00 e. The minimum Gasteiger partial charge on any atom is -0.545 e. The van der Waals surface area contributed by atoms with Gasteiger partial charge in [0.05, 0.1) is 34.7 Å². The van der Waals surface area contributed by atoms with Crippen molar-refractivity contribution in [3.63, 3.8) is 0 Å². The number of rotatable bonds is 36. The molecule has 0 bridgehead atoms. The second-order valence-corrected chi connectivity index (χ2v) is 22.0. The minimum atomic E-state index is -1.43. The molecule has 11 heteroatoms. The first kappa shape index (κ1) is 73.8. The SMILES string of the molecule is CCCCCCCCCCCCCCC=CC(=Nc1ccc(C)c(C)c1)C(CCCC)=Nc1ccc(C)c(C)c1.CCCCCc1cc(O)c(O)c(C(=O)[O-])c1CCCC.CCCCCc1cc(O)c(O)c(C(=O)[O-])c1CCCC.[Pd+2]. The van der Waals surface area contributed by atoms with Gasteiger partial charge in [-0.3, -0.25) is 4.99 Å². The maximum absolute atomic E-state index is 11.3. The molecule has 0 aliphatic heterocycles. The molecule has 0 aliphatic rings. The fourth-order valence-electron chi connectivity index (χ4n) is 9.77. The summed E-state index contributed by atoms with van der Waals surface area (Å²) < 4.78 is 0. The molecule has 0 aromatic heterocycles. The molecular weight excluding hydrogens is 1100 g/mol. The first-order valence-corrected chi connectivity index (χ1v) is 31.0. The molecule has 10 nitrogen and oxygen atoms in total. The van der Waals surface area contributed by atoms with Gasteiger partial charge >= 0.3 is 20.4 Å². The van der Waals surface area contributed by atoms with Crippen molar-refractivity contribution in [3.8, 4) is 23.0 Å². The summed E-state index contributed by atoms with van der Waals surface area (Å²) in [6, 6.07) is 16.0. The van der Waals surface area contributed by atoms with Crippen LogP contribution in [0.25, 0.3) is 0 Å². The number of carboxylic acids is 2. The zero-order chi connectivity index (χ0) is 59.2. The Morgan fingerprint density at radius 1 is 0.444 bits per heavy atom. The van der Waals surface area contributed by atoms with Crippen LogP contribution in [0.4, 0.5) is 11.4 Å². The zero-order valence-electron chi connectivity index (χ0n) is 51.6. The number of carboxylic acid groups (broad SMARTS) is 2. The molecule has 0 amide bonds. The molecule has 0 saturated heterocycles. The fraction of sp³-hybridized carbons (Fsp3) is 0.571. The molecule has 0 fully saturated rings. The summed E-state index contributed by atoms with van der Waals surface area (Å²) in [5.41, 5.74) is 11.7. The smallest absolute Gasteiger partial charge is 0.545 e. The Hall–Kier alpha value is -5.24. The van der Waals surface area contributed by atoms with Gasteiger partial charge < -0.3 is 40.2 Å². The third-order valence-corrected chi connectivity index (χ3v) is 15.1. The van der Waals surface area contributed by atoms with Gasteiger partial charge in [-0.05, 0) is 192 Å². The summed E-state index contributed by atoms with van der Waals surface area (Å²) in [7, 11) is 0. The van der Waals surface area contributed by atoms with Crippen LogP contribution in [0, 0.1) is 27.7 Å². The first-order valence-electron chi connectivity index (χ1n) is 31.0. The van der Waals surface area contributed by atoms with Gasteiger partial charge in [0.1, 0.15) is 0 Å². The van der Waals surface area contributed by atoms with E-state index in [0.717, 1.165) is 124 Å². The molecule has 0 spiro atoms. The number of benzene rings is 4. The second kappa shape index (κ2) is 43.4. The van der Waals surface area contributed by atoms with Crippen LogP contribution in [0.2, 0.25) is 0 Å². The number of carbonyl (C=O) groups excluding carboxylic acids is 2. The van der Waals surface area contributed by atoms with Gasteiger partial charge in [0.25, 0.3) is 0 Å². The predicted molar refractivity (Wildman–Crippen MR) is 332 cm³/mol. The fourth-order valence-corrected chi connectivity index (χ4v) is 9.77. The Kier molecular flexibility index (Phi) is 39.6. The zero-order valence-corrected chi connectivity index (χ0v) is 53.2. The second-order valence-electron chi connectivity index (χ2n) is 22.0. The molecule has 0 unspecified atom stereocenters. The molecule has 81 heavy (non-hydrogen) atoms. The van der Waals surface area contributed by atoms with Crippen molar-refractivity contribution in [1.29, 1.82) is 0 Å². The van der Waals surface area contributed by atoms with Crippen LogP contribution in [0.5, 0.6) is 23.0 Å². The number of carbonyl (C=O) groups is 2. The van der Waals surface area contributed by atoms with Gasteiger partial charge in [-0.2, -0.15) is 0 Å². The van der Waals surface area contributed by atoms with Gasteiger partial charge in [0.2, 0.25) is 0 Å². The van der Waals surface area contributed by atoms with E-state index in [1.54, 1.807) is 0 Å². The van der Waals surface area contributed by atoms with Gasteiger partial charge in [0, 0.05) is 11.1 Å². The Balaban J connectivity index is 0.000000671. The van der Waals surface area contributed by atoms with Crippen molar-refractivity contribution < 1.29 is 60.7 Å². The van der Waals surface area contributed by atoms with Gasteiger partial charge in [0.15, 0.2) is 23.0 Å². The summed E-state index contributed by atoms with van der Waals surface area (Å²) >= 11 is 0. The third kappa shape index (κ3) is 28.1. The number of hydrogen-bond acceptors (Lipinski definition) is 10. The number of phenolic OH excluding ortho intramolecular Hbond substituents is 2.